The molecule has 0 radical (unpaired) electrons. The number of nitrogens with zero attached hydrogens (tertiary/aromatic N) is 1. The number of sulfonamides is 1. The zero-order chi connectivity index (χ0) is 15.6. The number of halogens is 3. The Morgan fingerprint density at radius 1 is 1.14 bits per heavy atom. The molecule has 0 aliphatic rings. The normalized spacial score (nSPS) is 11.2. The van der Waals surface area contributed by atoms with Gasteiger partial charge in [0.25, 0.3) is 10.0 Å². The van der Waals surface area contributed by atoms with Crippen LogP contribution in [0.3, 0.4) is 0 Å². The van der Waals surface area contributed by atoms with Crippen molar-refractivity contribution in [2.24, 2.45) is 0 Å². The first kappa shape index (κ1) is 15.1. The third kappa shape index (κ3) is 3.07. The quantitative estimate of drug-likeness (QED) is 0.849. The molecule has 0 aliphatic carbocycles. The predicted molar refractivity (Wildman–Crippen MR) is 70.9 cm³/mol. The highest BCUT2D eigenvalue weighted by molar-refractivity contribution is 7.92. The van der Waals surface area contributed by atoms with Crippen LogP contribution in [0.2, 0.25) is 0 Å². The van der Waals surface area contributed by atoms with Gasteiger partial charge >= 0.3 is 0 Å². The predicted octanol–water partition coefficient (Wildman–Crippen LogP) is 2.34. The summed E-state index contributed by atoms with van der Waals surface area (Å²) in [5.41, 5.74) is -0.678. The lowest BCUT2D eigenvalue weighted by atomic mass is 10.3. The lowest BCUT2D eigenvalue weighted by Gasteiger charge is -2.11. The Hall–Kier alpha value is -2.29. The molecule has 0 unspecified atom stereocenters. The molecule has 5 nitrogen and oxygen atoms in total. The van der Waals surface area contributed by atoms with Crippen LogP contribution in [0.5, 0.6) is 0 Å². The molecule has 21 heavy (non-hydrogen) atoms. The fraction of sp³-hybridized carbons (Fsp3) is 0.0833. The van der Waals surface area contributed by atoms with Crippen molar-refractivity contribution < 1.29 is 21.6 Å². The van der Waals surface area contributed by atoms with E-state index in [1.165, 1.54) is 25.4 Å². The van der Waals surface area contributed by atoms with Crippen molar-refractivity contribution in [3.63, 3.8) is 0 Å². The van der Waals surface area contributed by atoms with Crippen molar-refractivity contribution in [1.29, 1.82) is 0 Å². The molecule has 0 saturated carbocycles. The van der Waals surface area contributed by atoms with Gasteiger partial charge in [0.15, 0.2) is 16.7 Å². The number of hydrogen-bond donors (Lipinski definition) is 2. The molecule has 9 heteroatoms. The largest absolute Gasteiger partial charge is 0.386 e. The Labute approximate surface area is 118 Å². The Balaban J connectivity index is 2.47. The summed E-state index contributed by atoms with van der Waals surface area (Å²) in [7, 11) is -2.84. The lowest BCUT2D eigenvalue weighted by molar-refractivity contribution is 0.498. The van der Waals surface area contributed by atoms with Gasteiger partial charge in [-0.25, -0.2) is 18.2 Å². The lowest BCUT2D eigenvalue weighted by Crippen LogP contribution is -2.17. The maximum Gasteiger partial charge on any atom is 0.281 e. The molecule has 2 aromatic rings. The van der Waals surface area contributed by atoms with Crippen LogP contribution in [0.4, 0.5) is 24.5 Å². The third-order valence-corrected chi connectivity index (χ3v) is 3.86. The first-order chi connectivity index (χ1) is 9.85. The fourth-order valence-electron chi connectivity index (χ4n) is 1.62. The average molecular weight is 317 g/mol. The summed E-state index contributed by atoms with van der Waals surface area (Å²) in [4.78, 5) is 3.67. The molecule has 0 aliphatic heterocycles. The first-order valence-electron chi connectivity index (χ1n) is 5.65. The van der Waals surface area contributed by atoms with Crippen molar-refractivity contribution in [1.82, 2.24) is 4.98 Å². The standard InChI is InChI=1S/C12H10F3N3O2S/c1-16-9-3-2-4-17-12(9)21(19,20)18-10-6-7(13)5-8(14)11(10)15/h2-6,16,18H,1H3. The number of rotatable bonds is 4. The Morgan fingerprint density at radius 2 is 1.86 bits per heavy atom. The van der Waals surface area contributed by atoms with Gasteiger partial charge < -0.3 is 5.32 Å². The molecule has 1 heterocycles. The van der Waals surface area contributed by atoms with Gasteiger partial charge in [-0.1, -0.05) is 0 Å². The molecule has 0 bridgehead atoms. The van der Waals surface area contributed by atoms with Gasteiger partial charge in [-0.05, 0) is 12.1 Å². The molecule has 0 amide bonds. The van der Waals surface area contributed by atoms with Crippen molar-refractivity contribution in [3.05, 3.63) is 47.9 Å². The van der Waals surface area contributed by atoms with E-state index in [0.717, 1.165) is 0 Å². The van der Waals surface area contributed by atoms with E-state index in [-0.39, 0.29) is 5.69 Å². The van der Waals surface area contributed by atoms with E-state index in [0.29, 0.717) is 12.1 Å². The van der Waals surface area contributed by atoms with Crippen LogP contribution in [0.25, 0.3) is 0 Å². The Morgan fingerprint density at radius 3 is 2.52 bits per heavy atom. The highest BCUT2D eigenvalue weighted by atomic mass is 32.2. The van der Waals surface area contributed by atoms with Gasteiger partial charge in [0.05, 0.1) is 11.4 Å². The first-order valence-corrected chi connectivity index (χ1v) is 7.13. The van der Waals surface area contributed by atoms with Crippen molar-refractivity contribution in [2.45, 2.75) is 5.03 Å². The second-order valence-corrected chi connectivity index (χ2v) is 5.56. The maximum atomic E-state index is 13.5. The number of pyridine rings is 1. The zero-order valence-electron chi connectivity index (χ0n) is 10.7. The molecule has 2 rings (SSSR count). The van der Waals surface area contributed by atoms with E-state index in [9.17, 15) is 21.6 Å². The average Bonchev–Trinajstić information content (AvgIpc) is 2.44. The fourth-order valence-corrected chi connectivity index (χ4v) is 2.81. The van der Waals surface area contributed by atoms with Gasteiger partial charge in [0.2, 0.25) is 0 Å². The van der Waals surface area contributed by atoms with E-state index < -0.39 is 38.2 Å². The maximum absolute atomic E-state index is 13.5. The number of aromatic nitrogens is 1. The number of anilines is 2. The molecule has 0 fully saturated rings. The SMILES string of the molecule is CNc1cccnc1S(=O)(=O)Nc1cc(F)cc(F)c1F. The minimum Gasteiger partial charge on any atom is -0.386 e. The Bertz CT molecular complexity index is 781. The molecule has 112 valence electrons. The molecule has 2 N–H and O–H groups in total. The minimum atomic E-state index is -4.31. The summed E-state index contributed by atoms with van der Waals surface area (Å²) in [5, 5.41) is 2.18. The van der Waals surface area contributed by atoms with Crippen molar-refractivity contribution in [2.75, 3.05) is 17.1 Å². The number of nitrogens with one attached hydrogen (secondary N) is 2. The molecular weight excluding hydrogens is 307 g/mol. The zero-order valence-corrected chi connectivity index (χ0v) is 11.5. The minimum absolute atomic E-state index is 0.155. The summed E-state index contributed by atoms with van der Waals surface area (Å²) in [6.45, 7) is 0. The van der Waals surface area contributed by atoms with Crippen LogP contribution in [0, 0.1) is 17.5 Å². The molecule has 0 saturated heterocycles. The van der Waals surface area contributed by atoms with E-state index in [1.807, 2.05) is 0 Å². The molecule has 1 aromatic heterocycles. The molecule has 0 atom stereocenters. The van der Waals surface area contributed by atoms with Crippen LogP contribution in [0.15, 0.2) is 35.5 Å². The van der Waals surface area contributed by atoms with Gasteiger partial charge in [-0.15, -0.1) is 0 Å². The topological polar surface area (TPSA) is 71.1 Å². The third-order valence-electron chi connectivity index (χ3n) is 2.53. The van der Waals surface area contributed by atoms with Crippen LogP contribution >= 0.6 is 0 Å². The summed E-state index contributed by atoms with van der Waals surface area (Å²) in [6.07, 6.45) is 1.22. The van der Waals surface area contributed by atoms with E-state index >= 15 is 0 Å². The summed E-state index contributed by atoms with van der Waals surface area (Å²) < 4.78 is 65.7. The highest BCUT2D eigenvalue weighted by Crippen LogP contribution is 2.24. The van der Waals surface area contributed by atoms with Crippen LogP contribution < -0.4 is 10.0 Å². The molecule has 1 aromatic carbocycles. The summed E-state index contributed by atoms with van der Waals surface area (Å²) in [6, 6.07) is 3.78. The van der Waals surface area contributed by atoms with Crippen LogP contribution in [0.1, 0.15) is 0 Å². The van der Waals surface area contributed by atoms with E-state index in [2.05, 4.69) is 10.3 Å². The van der Waals surface area contributed by atoms with Gasteiger partial charge in [-0.3, -0.25) is 4.72 Å². The molecule has 0 spiro atoms. The van der Waals surface area contributed by atoms with E-state index in [4.69, 9.17) is 0 Å². The monoisotopic (exact) mass is 317 g/mol. The second-order valence-electron chi connectivity index (χ2n) is 3.96. The smallest absolute Gasteiger partial charge is 0.281 e. The van der Waals surface area contributed by atoms with Crippen molar-refractivity contribution >= 4 is 21.4 Å². The summed E-state index contributed by atoms with van der Waals surface area (Å²) in [5.74, 6) is -4.11. The number of hydrogen-bond acceptors (Lipinski definition) is 4. The second kappa shape index (κ2) is 5.60. The summed E-state index contributed by atoms with van der Waals surface area (Å²) >= 11 is 0. The number of benzene rings is 1. The van der Waals surface area contributed by atoms with Crippen molar-refractivity contribution in [3.8, 4) is 0 Å². The van der Waals surface area contributed by atoms with Crippen LogP contribution in [-0.4, -0.2) is 20.4 Å². The molecular formula is C12H10F3N3O2S. The van der Waals surface area contributed by atoms with Gasteiger partial charge in [-0.2, -0.15) is 8.42 Å². The van der Waals surface area contributed by atoms with Gasteiger partial charge in [0, 0.05) is 25.4 Å². The van der Waals surface area contributed by atoms with Gasteiger partial charge in [0.1, 0.15) is 5.82 Å². The highest BCUT2D eigenvalue weighted by Gasteiger charge is 2.23. The Kier molecular flexibility index (Phi) is 4.03. The van der Waals surface area contributed by atoms with E-state index in [1.54, 1.807) is 4.72 Å². The van der Waals surface area contributed by atoms with Crippen LogP contribution in [-0.2, 0) is 10.0 Å².